The lowest BCUT2D eigenvalue weighted by Gasteiger charge is -2.24. The van der Waals surface area contributed by atoms with E-state index in [2.05, 4.69) is 39.8 Å². The average molecular weight is 391 g/mol. The number of rotatable bonds is 5. The van der Waals surface area contributed by atoms with Crippen LogP contribution in [-0.2, 0) is 6.42 Å². The van der Waals surface area contributed by atoms with Gasteiger partial charge >= 0.3 is 0 Å². The molecule has 0 bridgehead atoms. The quantitative estimate of drug-likeness (QED) is 0.536. The molecule has 1 aliphatic heterocycles. The summed E-state index contributed by atoms with van der Waals surface area (Å²) < 4.78 is 13.7. The third-order valence-corrected chi connectivity index (χ3v) is 6.12. The van der Waals surface area contributed by atoms with Gasteiger partial charge in [0.15, 0.2) is 5.75 Å². The van der Waals surface area contributed by atoms with E-state index in [4.69, 9.17) is 9.15 Å². The van der Waals surface area contributed by atoms with Crippen LogP contribution in [0.15, 0.2) is 59.0 Å². The van der Waals surface area contributed by atoms with E-state index >= 15 is 0 Å². The van der Waals surface area contributed by atoms with Gasteiger partial charge in [0.25, 0.3) is 5.89 Å². The maximum Gasteiger partial charge on any atom is 0.261 e. The third-order valence-electron chi connectivity index (χ3n) is 4.98. The second-order valence-corrected chi connectivity index (χ2v) is 8.04. The zero-order chi connectivity index (χ0) is 18.8. The minimum absolute atomic E-state index is 0.213. The normalized spacial score (nSPS) is 15.1. The summed E-state index contributed by atoms with van der Waals surface area (Å²) in [4.78, 5) is 0.923. The molecule has 1 saturated heterocycles. The van der Waals surface area contributed by atoms with Crippen LogP contribution in [0.5, 0.6) is 5.75 Å². The van der Waals surface area contributed by atoms with Crippen LogP contribution >= 0.6 is 11.3 Å². The monoisotopic (exact) mass is 391 g/mol. The van der Waals surface area contributed by atoms with E-state index < -0.39 is 0 Å². The first-order valence-corrected chi connectivity index (χ1v) is 10.4. The molecule has 28 heavy (non-hydrogen) atoms. The summed E-state index contributed by atoms with van der Waals surface area (Å²) in [5.74, 6) is 2.03. The van der Waals surface area contributed by atoms with Crippen LogP contribution in [0.1, 0.15) is 24.3 Å². The fraction of sp³-hybridized carbons (Fsp3) is 0.273. The first-order valence-electron chi connectivity index (χ1n) is 9.62. The Bertz CT molecular complexity index is 1070. The lowest BCUT2D eigenvalue weighted by atomic mass is 10.1. The van der Waals surface area contributed by atoms with Crippen LogP contribution in [0.25, 0.3) is 20.9 Å². The lowest BCUT2D eigenvalue weighted by Crippen LogP contribution is -2.34. The Morgan fingerprint density at radius 3 is 2.64 bits per heavy atom. The van der Waals surface area contributed by atoms with Crippen LogP contribution in [0.3, 0.4) is 0 Å². The number of thiophene rings is 1. The molecule has 5 rings (SSSR count). The van der Waals surface area contributed by atoms with Crippen molar-refractivity contribution in [2.45, 2.75) is 25.4 Å². The number of benzene rings is 2. The number of nitrogens with one attached hydrogen (secondary N) is 1. The summed E-state index contributed by atoms with van der Waals surface area (Å²) in [6, 6.07) is 18.5. The molecule has 2 aromatic heterocycles. The van der Waals surface area contributed by atoms with Crippen molar-refractivity contribution in [3.63, 3.8) is 0 Å². The predicted octanol–water partition coefficient (Wildman–Crippen LogP) is 4.67. The zero-order valence-corrected chi connectivity index (χ0v) is 16.2. The van der Waals surface area contributed by atoms with Crippen molar-refractivity contribution in [1.82, 2.24) is 15.5 Å². The first kappa shape index (κ1) is 17.4. The van der Waals surface area contributed by atoms with Crippen LogP contribution in [0, 0.1) is 0 Å². The second-order valence-electron chi connectivity index (χ2n) is 6.99. The van der Waals surface area contributed by atoms with Crippen molar-refractivity contribution in [2.24, 2.45) is 0 Å². The Kier molecular flexibility index (Phi) is 4.81. The lowest BCUT2D eigenvalue weighted by molar-refractivity contribution is 0.165. The van der Waals surface area contributed by atoms with Gasteiger partial charge in [0.2, 0.25) is 5.89 Å². The largest absolute Gasteiger partial charge is 0.488 e. The highest BCUT2D eigenvalue weighted by molar-refractivity contribution is 7.22. The van der Waals surface area contributed by atoms with E-state index in [-0.39, 0.29) is 6.10 Å². The third kappa shape index (κ3) is 3.53. The molecule has 0 saturated carbocycles. The molecular formula is C22H21N3O2S. The number of hydrogen-bond acceptors (Lipinski definition) is 6. The van der Waals surface area contributed by atoms with Crippen molar-refractivity contribution in [2.75, 3.05) is 13.1 Å². The molecule has 142 valence electrons. The average Bonchev–Trinajstić information content (AvgIpc) is 3.34. The minimum atomic E-state index is 0.213. The fourth-order valence-corrected chi connectivity index (χ4v) is 4.60. The Morgan fingerprint density at radius 1 is 1.00 bits per heavy atom. The molecule has 0 spiro atoms. The number of fused-ring (bicyclic) bond motifs is 1. The van der Waals surface area contributed by atoms with E-state index in [1.54, 1.807) is 11.3 Å². The van der Waals surface area contributed by atoms with E-state index in [0.717, 1.165) is 47.5 Å². The highest BCUT2D eigenvalue weighted by Gasteiger charge is 2.24. The molecule has 0 amide bonds. The van der Waals surface area contributed by atoms with E-state index in [1.165, 1.54) is 4.70 Å². The van der Waals surface area contributed by atoms with Crippen LogP contribution < -0.4 is 10.1 Å². The van der Waals surface area contributed by atoms with Gasteiger partial charge < -0.3 is 14.5 Å². The topological polar surface area (TPSA) is 60.2 Å². The SMILES string of the molecule is c1ccc(Cc2nnc(-c3sc4ccccc4c3OC3CCNCC3)o2)cc1. The highest BCUT2D eigenvalue weighted by Crippen LogP contribution is 2.44. The van der Waals surface area contributed by atoms with Gasteiger partial charge in [-0.2, -0.15) is 0 Å². The maximum absolute atomic E-state index is 6.46. The summed E-state index contributed by atoms with van der Waals surface area (Å²) in [6.07, 6.45) is 2.85. The van der Waals surface area contributed by atoms with E-state index in [9.17, 15) is 0 Å². The number of piperidine rings is 1. The zero-order valence-electron chi connectivity index (χ0n) is 15.4. The molecule has 0 unspecified atom stereocenters. The molecule has 1 aliphatic rings. The van der Waals surface area contributed by atoms with Gasteiger partial charge in [-0.1, -0.05) is 42.5 Å². The fourth-order valence-electron chi connectivity index (χ4n) is 3.55. The summed E-state index contributed by atoms with van der Waals surface area (Å²) >= 11 is 1.65. The molecule has 4 aromatic rings. The predicted molar refractivity (Wildman–Crippen MR) is 111 cm³/mol. The van der Waals surface area contributed by atoms with Crippen molar-refractivity contribution >= 4 is 21.4 Å². The summed E-state index contributed by atoms with van der Waals surface area (Å²) in [5, 5.41) is 13.1. The molecular weight excluding hydrogens is 370 g/mol. The molecule has 0 atom stereocenters. The molecule has 2 aromatic carbocycles. The Morgan fingerprint density at radius 2 is 1.79 bits per heavy atom. The van der Waals surface area contributed by atoms with Crippen molar-refractivity contribution in [1.29, 1.82) is 0 Å². The van der Waals surface area contributed by atoms with E-state index in [1.807, 2.05) is 30.3 Å². The molecule has 6 heteroatoms. The molecule has 3 heterocycles. The van der Waals surface area contributed by atoms with Gasteiger partial charge in [-0.3, -0.25) is 0 Å². The first-order chi connectivity index (χ1) is 13.9. The van der Waals surface area contributed by atoms with Gasteiger partial charge in [0, 0.05) is 10.1 Å². The molecule has 0 radical (unpaired) electrons. The highest BCUT2D eigenvalue weighted by atomic mass is 32.1. The van der Waals surface area contributed by atoms with E-state index in [0.29, 0.717) is 18.2 Å². The molecule has 1 N–H and O–H groups in total. The van der Waals surface area contributed by atoms with Gasteiger partial charge in [-0.05, 0) is 43.6 Å². The number of hydrogen-bond donors (Lipinski definition) is 1. The standard InChI is InChI=1S/C22H21N3O2S/c1-2-6-15(7-3-1)14-19-24-25-22(27-19)21-20(26-16-10-12-23-13-11-16)17-8-4-5-9-18(17)28-21/h1-9,16,23H,10-14H2. The Hall–Kier alpha value is -2.70. The number of aromatic nitrogens is 2. The molecule has 5 nitrogen and oxygen atoms in total. The van der Waals surface area contributed by atoms with Gasteiger partial charge in [0.1, 0.15) is 11.0 Å². The summed E-state index contributed by atoms with van der Waals surface area (Å²) in [7, 11) is 0. The van der Waals surface area contributed by atoms with Crippen molar-refractivity contribution < 1.29 is 9.15 Å². The molecule has 0 aliphatic carbocycles. The van der Waals surface area contributed by atoms with Crippen LogP contribution in [0.2, 0.25) is 0 Å². The maximum atomic E-state index is 6.46. The summed E-state index contributed by atoms with van der Waals surface area (Å²) in [5.41, 5.74) is 1.15. The summed E-state index contributed by atoms with van der Waals surface area (Å²) in [6.45, 7) is 1.98. The van der Waals surface area contributed by atoms with Gasteiger partial charge in [-0.25, -0.2) is 0 Å². The van der Waals surface area contributed by atoms with Crippen molar-refractivity contribution in [3.8, 4) is 16.5 Å². The second kappa shape index (κ2) is 7.73. The number of nitrogens with zero attached hydrogens (tertiary/aromatic N) is 2. The number of ether oxygens (including phenoxy) is 1. The Labute approximate surface area is 167 Å². The van der Waals surface area contributed by atoms with Crippen molar-refractivity contribution in [3.05, 3.63) is 66.1 Å². The van der Waals surface area contributed by atoms with Gasteiger partial charge in [0.05, 0.1) is 6.42 Å². The smallest absolute Gasteiger partial charge is 0.261 e. The Balaban J connectivity index is 1.49. The van der Waals surface area contributed by atoms with Crippen LogP contribution in [0.4, 0.5) is 0 Å². The van der Waals surface area contributed by atoms with Crippen LogP contribution in [-0.4, -0.2) is 29.4 Å². The minimum Gasteiger partial charge on any atom is -0.488 e. The molecule has 1 fully saturated rings. The van der Waals surface area contributed by atoms with Gasteiger partial charge in [-0.15, -0.1) is 21.5 Å².